The van der Waals surface area contributed by atoms with Crippen LogP contribution in [0.2, 0.25) is 0 Å². The van der Waals surface area contributed by atoms with E-state index in [1.807, 2.05) is 0 Å². The Morgan fingerprint density at radius 3 is 2.62 bits per heavy atom. The number of carbonyl (C=O) groups excluding carboxylic acids is 1. The summed E-state index contributed by atoms with van der Waals surface area (Å²) in [5.74, 6) is -0.540. The first kappa shape index (κ1) is 15.6. The minimum Gasteiger partial charge on any atom is -0.468 e. The molecule has 0 aromatic carbocycles. The summed E-state index contributed by atoms with van der Waals surface area (Å²) >= 11 is 0. The first-order chi connectivity index (χ1) is 9.90. The van der Waals surface area contributed by atoms with Gasteiger partial charge in [0, 0.05) is 11.8 Å². The van der Waals surface area contributed by atoms with E-state index in [2.05, 4.69) is 9.72 Å². The summed E-state index contributed by atoms with van der Waals surface area (Å²) in [6, 6.07) is 1.53. The molecule has 1 aliphatic carbocycles. The zero-order chi connectivity index (χ0) is 15.5. The normalized spacial score (nSPS) is 16.0. The molecule has 1 aromatic rings. The number of pyridine rings is 1. The van der Waals surface area contributed by atoms with Gasteiger partial charge in [0.05, 0.1) is 12.7 Å². The Morgan fingerprint density at radius 2 is 2.05 bits per heavy atom. The maximum atomic E-state index is 12.3. The van der Waals surface area contributed by atoms with Crippen molar-refractivity contribution in [2.45, 2.75) is 37.8 Å². The predicted octanol–water partition coefficient (Wildman–Crippen LogP) is 3.47. The van der Waals surface area contributed by atoms with Gasteiger partial charge in [-0.1, -0.05) is 12.8 Å². The Morgan fingerprint density at radius 1 is 1.38 bits per heavy atom. The number of halogens is 3. The van der Waals surface area contributed by atoms with Crippen LogP contribution in [0.3, 0.4) is 0 Å². The number of nitrogens with zero attached hydrogens (tertiary/aromatic N) is 1. The van der Waals surface area contributed by atoms with Gasteiger partial charge in [0.1, 0.15) is 0 Å². The molecule has 1 heterocycles. The maximum Gasteiger partial charge on any atom is 0.422 e. The van der Waals surface area contributed by atoms with Gasteiger partial charge in [-0.2, -0.15) is 13.2 Å². The van der Waals surface area contributed by atoms with Crippen molar-refractivity contribution in [2.24, 2.45) is 0 Å². The molecular formula is C14H16F3NO3. The number of carbonyl (C=O) groups is 1. The van der Waals surface area contributed by atoms with E-state index in [0.717, 1.165) is 25.7 Å². The van der Waals surface area contributed by atoms with Crippen LogP contribution in [0.1, 0.15) is 47.5 Å². The molecular weight excluding hydrogens is 287 g/mol. The molecule has 0 bridgehead atoms. The minimum atomic E-state index is -4.42. The number of ether oxygens (including phenoxy) is 2. The smallest absolute Gasteiger partial charge is 0.422 e. The third-order valence-corrected chi connectivity index (χ3v) is 3.47. The van der Waals surface area contributed by atoms with Gasteiger partial charge in [-0.25, -0.2) is 9.78 Å². The summed E-state index contributed by atoms with van der Waals surface area (Å²) in [6.07, 6.45) is 0.479. The largest absolute Gasteiger partial charge is 0.468 e. The first-order valence-corrected chi connectivity index (χ1v) is 6.68. The fourth-order valence-electron chi connectivity index (χ4n) is 2.50. The number of hydrogen-bond donors (Lipinski definition) is 0. The van der Waals surface area contributed by atoms with E-state index >= 15 is 0 Å². The van der Waals surface area contributed by atoms with Gasteiger partial charge in [-0.3, -0.25) is 0 Å². The molecule has 1 aliphatic rings. The number of rotatable bonds is 4. The van der Waals surface area contributed by atoms with E-state index in [0.29, 0.717) is 5.56 Å². The van der Waals surface area contributed by atoms with Crippen molar-refractivity contribution in [3.63, 3.8) is 0 Å². The molecule has 0 N–H and O–H groups in total. The molecule has 2 rings (SSSR count). The highest BCUT2D eigenvalue weighted by atomic mass is 19.4. The molecule has 0 unspecified atom stereocenters. The fraction of sp³-hybridized carbons (Fsp3) is 0.571. The monoisotopic (exact) mass is 303 g/mol. The van der Waals surface area contributed by atoms with Gasteiger partial charge >= 0.3 is 12.1 Å². The molecule has 0 spiro atoms. The number of aromatic nitrogens is 1. The Bertz CT molecular complexity index is 511. The van der Waals surface area contributed by atoms with Crippen molar-refractivity contribution in [2.75, 3.05) is 13.7 Å². The molecule has 116 valence electrons. The van der Waals surface area contributed by atoms with Gasteiger partial charge in [0.15, 0.2) is 6.61 Å². The number of esters is 1. The second-order valence-corrected chi connectivity index (χ2v) is 5.00. The molecule has 0 atom stereocenters. The van der Waals surface area contributed by atoms with Crippen LogP contribution in [0.5, 0.6) is 5.88 Å². The minimum absolute atomic E-state index is 0.0492. The van der Waals surface area contributed by atoms with Crippen molar-refractivity contribution in [3.8, 4) is 5.88 Å². The molecule has 0 saturated heterocycles. The molecule has 1 saturated carbocycles. The molecule has 1 aromatic heterocycles. The molecule has 0 radical (unpaired) electrons. The van der Waals surface area contributed by atoms with Gasteiger partial charge in [0.25, 0.3) is 0 Å². The Kier molecular flexibility index (Phi) is 4.69. The predicted molar refractivity (Wildman–Crippen MR) is 68.3 cm³/mol. The summed E-state index contributed by atoms with van der Waals surface area (Å²) in [5, 5.41) is 0. The molecule has 4 nitrogen and oxygen atoms in total. The maximum absolute atomic E-state index is 12.3. The second kappa shape index (κ2) is 6.32. The Balaban J connectivity index is 2.27. The summed E-state index contributed by atoms with van der Waals surface area (Å²) in [7, 11) is 1.24. The lowest BCUT2D eigenvalue weighted by Crippen LogP contribution is -2.20. The molecule has 0 aliphatic heterocycles. The van der Waals surface area contributed by atoms with Gasteiger partial charge in [-0.05, 0) is 24.8 Å². The number of methoxy groups -OCH3 is 1. The van der Waals surface area contributed by atoms with E-state index in [9.17, 15) is 18.0 Å². The van der Waals surface area contributed by atoms with E-state index in [1.165, 1.54) is 19.4 Å². The number of alkyl halides is 3. The van der Waals surface area contributed by atoms with Gasteiger partial charge < -0.3 is 9.47 Å². The van der Waals surface area contributed by atoms with Crippen LogP contribution in [0.4, 0.5) is 13.2 Å². The quantitative estimate of drug-likeness (QED) is 0.799. The first-order valence-electron chi connectivity index (χ1n) is 6.68. The highest BCUT2D eigenvalue weighted by molar-refractivity contribution is 5.89. The molecule has 7 heteroatoms. The summed E-state index contributed by atoms with van der Waals surface area (Å²) < 4.78 is 46.3. The SMILES string of the molecule is COC(=O)c1cnc(OCC(F)(F)F)c(C2CCCC2)c1. The van der Waals surface area contributed by atoms with Gasteiger partial charge in [-0.15, -0.1) is 0 Å². The van der Waals surface area contributed by atoms with Crippen LogP contribution < -0.4 is 4.74 Å². The van der Waals surface area contributed by atoms with E-state index < -0.39 is 18.8 Å². The van der Waals surface area contributed by atoms with E-state index in [4.69, 9.17) is 4.74 Å². The molecule has 0 amide bonds. The van der Waals surface area contributed by atoms with Crippen molar-refractivity contribution in [1.29, 1.82) is 0 Å². The third-order valence-electron chi connectivity index (χ3n) is 3.47. The zero-order valence-electron chi connectivity index (χ0n) is 11.6. The highest BCUT2D eigenvalue weighted by Gasteiger charge is 2.30. The van der Waals surface area contributed by atoms with Crippen LogP contribution in [-0.2, 0) is 4.74 Å². The lowest BCUT2D eigenvalue weighted by molar-refractivity contribution is -0.154. The standard InChI is InChI=1S/C14H16F3NO3/c1-20-13(19)10-6-11(9-4-2-3-5-9)12(18-7-10)21-8-14(15,16)17/h6-7,9H,2-5,8H2,1H3. The van der Waals surface area contributed by atoms with Crippen LogP contribution in [0.25, 0.3) is 0 Å². The lowest BCUT2D eigenvalue weighted by atomic mass is 9.97. The Hall–Kier alpha value is -1.79. The summed E-state index contributed by atoms with van der Waals surface area (Å²) in [5.41, 5.74) is 0.776. The van der Waals surface area contributed by atoms with E-state index in [-0.39, 0.29) is 17.4 Å². The Labute approximate surface area is 120 Å². The summed E-state index contributed by atoms with van der Waals surface area (Å²) in [4.78, 5) is 15.4. The van der Waals surface area contributed by atoms with E-state index in [1.54, 1.807) is 0 Å². The zero-order valence-corrected chi connectivity index (χ0v) is 11.6. The van der Waals surface area contributed by atoms with Crippen molar-refractivity contribution < 1.29 is 27.4 Å². The highest BCUT2D eigenvalue weighted by Crippen LogP contribution is 2.38. The average Bonchev–Trinajstić information content (AvgIpc) is 2.97. The lowest BCUT2D eigenvalue weighted by Gasteiger charge is -2.16. The number of hydrogen-bond acceptors (Lipinski definition) is 4. The fourth-order valence-corrected chi connectivity index (χ4v) is 2.50. The van der Waals surface area contributed by atoms with Crippen LogP contribution in [0, 0.1) is 0 Å². The van der Waals surface area contributed by atoms with Crippen molar-refractivity contribution in [1.82, 2.24) is 4.98 Å². The van der Waals surface area contributed by atoms with Crippen LogP contribution in [0.15, 0.2) is 12.3 Å². The summed E-state index contributed by atoms with van der Waals surface area (Å²) in [6.45, 7) is -1.39. The van der Waals surface area contributed by atoms with Crippen molar-refractivity contribution >= 4 is 5.97 Å². The van der Waals surface area contributed by atoms with Crippen molar-refractivity contribution in [3.05, 3.63) is 23.4 Å². The van der Waals surface area contributed by atoms with Crippen LogP contribution >= 0.6 is 0 Å². The topological polar surface area (TPSA) is 48.4 Å². The third kappa shape index (κ3) is 4.09. The second-order valence-electron chi connectivity index (χ2n) is 5.00. The van der Waals surface area contributed by atoms with Gasteiger partial charge in [0.2, 0.25) is 5.88 Å². The molecule has 21 heavy (non-hydrogen) atoms. The van der Waals surface area contributed by atoms with Crippen LogP contribution in [-0.4, -0.2) is 30.8 Å². The molecule has 1 fully saturated rings. The average molecular weight is 303 g/mol.